The monoisotopic (exact) mass is 489 g/mol. The van der Waals surface area contributed by atoms with Crippen molar-refractivity contribution in [2.45, 2.75) is 89.6 Å². The van der Waals surface area contributed by atoms with E-state index in [2.05, 4.69) is 16.0 Å². The van der Waals surface area contributed by atoms with Crippen LogP contribution in [0.5, 0.6) is 0 Å². The summed E-state index contributed by atoms with van der Waals surface area (Å²) in [5, 5.41) is 35.4. The summed E-state index contributed by atoms with van der Waals surface area (Å²) in [4.78, 5) is 60.2. The molecule has 34 heavy (non-hydrogen) atoms. The van der Waals surface area contributed by atoms with E-state index < -0.39 is 65.8 Å². The Morgan fingerprint density at radius 3 is 1.91 bits per heavy atom. The first kappa shape index (κ1) is 31.2. The lowest BCUT2D eigenvalue weighted by Gasteiger charge is -2.27. The van der Waals surface area contributed by atoms with Gasteiger partial charge in [0.25, 0.3) is 0 Å². The number of unbranched alkanes of at least 4 members (excludes halogenated alkanes) is 1. The molecule has 0 heterocycles. The second-order valence-corrected chi connectivity index (χ2v) is 8.32. The first-order valence-corrected chi connectivity index (χ1v) is 11.3. The van der Waals surface area contributed by atoms with Crippen molar-refractivity contribution in [2.24, 2.45) is 17.4 Å². The maximum absolute atomic E-state index is 12.9. The number of aliphatic carboxylic acids is 2. The van der Waals surface area contributed by atoms with E-state index in [1.54, 1.807) is 13.8 Å². The van der Waals surface area contributed by atoms with Crippen molar-refractivity contribution in [1.82, 2.24) is 16.0 Å². The number of aliphatic hydroxyl groups excluding tert-OH is 1. The predicted octanol–water partition coefficient (Wildman–Crippen LogP) is -1.73. The number of amides is 3. The normalized spacial score (nSPS) is 16.3. The van der Waals surface area contributed by atoms with E-state index in [0.717, 1.165) is 0 Å². The highest BCUT2D eigenvalue weighted by Gasteiger charge is 2.33. The van der Waals surface area contributed by atoms with Crippen molar-refractivity contribution in [2.75, 3.05) is 6.54 Å². The molecule has 13 heteroatoms. The molecule has 0 rings (SSSR count). The number of rotatable bonds is 17. The van der Waals surface area contributed by atoms with Gasteiger partial charge in [-0.3, -0.25) is 19.2 Å². The highest BCUT2D eigenvalue weighted by Crippen LogP contribution is 2.09. The minimum absolute atomic E-state index is 0.136. The molecule has 0 aliphatic rings. The second kappa shape index (κ2) is 16.0. The van der Waals surface area contributed by atoms with Crippen LogP contribution in [0.4, 0.5) is 0 Å². The van der Waals surface area contributed by atoms with Crippen LogP contribution in [0.3, 0.4) is 0 Å². The first-order valence-electron chi connectivity index (χ1n) is 11.3. The van der Waals surface area contributed by atoms with Gasteiger partial charge in [0, 0.05) is 6.42 Å². The molecule has 6 atom stereocenters. The van der Waals surface area contributed by atoms with E-state index in [0.29, 0.717) is 25.8 Å². The summed E-state index contributed by atoms with van der Waals surface area (Å²) in [6.45, 7) is 5.01. The zero-order chi connectivity index (χ0) is 26.4. The number of nitrogens with one attached hydrogen (secondary N) is 3. The van der Waals surface area contributed by atoms with Crippen LogP contribution in [0, 0.1) is 5.92 Å². The summed E-state index contributed by atoms with van der Waals surface area (Å²) < 4.78 is 0. The fraction of sp³-hybridized carbons (Fsp3) is 0.762. The van der Waals surface area contributed by atoms with Crippen molar-refractivity contribution in [1.29, 1.82) is 0 Å². The molecule has 0 aliphatic heterocycles. The van der Waals surface area contributed by atoms with Gasteiger partial charge in [-0.15, -0.1) is 0 Å². The molecule has 0 saturated carbocycles. The van der Waals surface area contributed by atoms with Crippen LogP contribution < -0.4 is 27.4 Å². The molecule has 6 unspecified atom stereocenters. The average Bonchev–Trinajstić information content (AvgIpc) is 2.77. The molecule has 0 fully saturated rings. The Bertz CT molecular complexity index is 703. The fourth-order valence-electron chi connectivity index (χ4n) is 3.04. The summed E-state index contributed by atoms with van der Waals surface area (Å²) in [6.07, 6.45) is -0.194. The number of carboxylic acid groups (broad SMARTS) is 2. The summed E-state index contributed by atoms with van der Waals surface area (Å²) >= 11 is 0. The minimum Gasteiger partial charge on any atom is -0.481 e. The van der Waals surface area contributed by atoms with Crippen LogP contribution >= 0.6 is 0 Å². The smallest absolute Gasteiger partial charge is 0.326 e. The number of nitrogens with two attached hydrogens (primary N) is 2. The molecule has 0 aromatic carbocycles. The van der Waals surface area contributed by atoms with E-state index in [-0.39, 0.29) is 19.3 Å². The van der Waals surface area contributed by atoms with Crippen molar-refractivity contribution in [3.05, 3.63) is 0 Å². The Balaban J connectivity index is 5.45. The number of hydrogen-bond donors (Lipinski definition) is 8. The van der Waals surface area contributed by atoms with Gasteiger partial charge in [0.2, 0.25) is 17.7 Å². The maximum Gasteiger partial charge on any atom is 0.326 e. The van der Waals surface area contributed by atoms with Crippen molar-refractivity contribution in [3.8, 4) is 0 Å². The predicted molar refractivity (Wildman–Crippen MR) is 122 cm³/mol. The summed E-state index contributed by atoms with van der Waals surface area (Å²) in [5.74, 6) is -5.19. The molecule has 10 N–H and O–H groups in total. The third-order valence-electron chi connectivity index (χ3n) is 5.43. The van der Waals surface area contributed by atoms with Crippen LogP contribution in [-0.4, -0.2) is 81.8 Å². The Hall–Kier alpha value is -2.77. The molecule has 3 amide bonds. The Kier molecular flexibility index (Phi) is 14.7. The lowest BCUT2D eigenvalue weighted by Crippen LogP contribution is -2.60. The van der Waals surface area contributed by atoms with E-state index in [1.807, 2.05) is 0 Å². The van der Waals surface area contributed by atoms with E-state index in [9.17, 15) is 34.2 Å². The minimum atomic E-state index is -1.48. The van der Waals surface area contributed by atoms with Gasteiger partial charge in [-0.1, -0.05) is 20.3 Å². The molecule has 0 aromatic heterocycles. The fourth-order valence-corrected chi connectivity index (χ4v) is 3.04. The van der Waals surface area contributed by atoms with Gasteiger partial charge in [-0.2, -0.15) is 0 Å². The molecule has 0 bridgehead atoms. The third-order valence-corrected chi connectivity index (χ3v) is 5.43. The molecule has 0 spiro atoms. The highest BCUT2D eigenvalue weighted by molar-refractivity contribution is 5.94. The van der Waals surface area contributed by atoms with Crippen molar-refractivity contribution >= 4 is 29.7 Å². The van der Waals surface area contributed by atoms with Gasteiger partial charge < -0.3 is 42.7 Å². The van der Waals surface area contributed by atoms with E-state index in [1.165, 1.54) is 6.92 Å². The molecular formula is C21H39N5O8. The standard InChI is InChI=1S/C21H39N5O8/c1-4-11(2)16(21(33)34)25-20(32)17(12(3)27)26-19(31)14(7-5-6-10-22)24-18(30)13(23)8-9-15(28)29/h11-14,16-17,27H,4-10,22-23H2,1-3H3,(H,24,30)(H,25,32)(H,26,31)(H,28,29)(H,33,34). The SMILES string of the molecule is CCC(C)C(NC(=O)C(NC(=O)C(CCCCN)NC(=O)C(N)CCC(=O)O)C(C)O)C(=O)O. The number of aliphatic hydroxyl groups is 1. The zero-order valence-electron chi connectivity index (χ0n) is 20.0. The Morgan fingerprint density at radius 1 is 0.853 bits per heavy atom. The van der Waals surface area contributed by atoms with Gasteiger partial charge in [-0.25, -0.2) is 4.79 Å². The van der Waals surface area contributed by atoms with Crippen molar-refractivity contribution < 1.29 is 39.3 Å². The Labute approximate surface area is 199 Å². The molecule has 13 nitrogen and oxygen atoms in total. The van der Waals surface area contributed by atoms with Gasteiger partial charge in [0.1, 0.15) is 18.1 Å². The van der Waals surface area contributed by atoms with Gasteiger partial charge in [0.15, 0.2) is 0 Å². The number of hydrogen-bond acceptors (Lipinski definition) is 8. The maximum atomic E-state index is 12.9. The molecule has 0 radical (unpaired) electrons. The second-order valence-electron chi connectivity index (χ2n) is 8.32. The molecule has 0 saturated heterocycles. The zero-order valence-corrected chi connectivity index (χ0v) is 20.0. The first-order chi connectivity index (χ1) is 15.8. The average molecular weight is 490 g/mol. The number of carboxylic acids is 2. The summed E-state index contributed by atoms with van der Waals surface area (Å²) in [6, 6.07) is -4.99. The largest absolute Gasteiger partial charge is 0.481 e. The molecular weight excluding hydrogens is 450 g/mol. The summed E-state index contributed by atoms with van der Waals surface area (Å²) in [7, 11) is 0. The highest BCUT2D eigenvalue weighted by atomic mass is 16.4. The lowest BCUT2D eigenvalue weighted by molar-refractivity contribution is -0.144. The third kappa shape index (κ3) is 11.4. The van der Waals surface area contributed by atoms with Crippen LogP contribution in [-0.2, 0) is 24.0 Å². The summed E-state index contributed by atoms with van der Waals surface area (Å²) in [5.41, 5.74) is 11.2. The number of carbonyl (C=O) groups excluding carboxylic acids is 3. The van der Waals surface area contributed by atoms with Gasteiger partial charge in [-0.05, 0) is 45.1 Å². The van der Waals surface area contributed by atoms with Crippen molar-refractivity contribution in [3.63, 3.8) is 0 Å². The van der Waals surface area contributed by atoms with Crippen LogP contribution in [0.15, 0.2) is 0 Å². The molecule has 196 valence electrons. The molecule has 0 aromatic rings. The van der Waals surface area contributed by atoms with Crippen LogP contribution in [0.25, 0.3) is 0 Å². The number of carbonyl (C=O) groups is 5. The van der Waals surface area contributed by atoms with E-state index >= 15 is 0 Å². The van der Waals surface area contributed by atoms with Gasteiger partial charge in [0.05, 0.1) is 12.1 Å². The van der Waals surface area contributed by atoms with Crippen LogP contribution in [0.1, 0.15) is 59.3 Å². The van der Waals surface area contributed by atoms with Gasteiger partial charge >= 0.3 is 11.9 Å². The van der Waals surface area contributed by atoms with Crippen LogP contribution in [0.2, 0.25) is 0 Å². The quantitative estimate of drug-likeness (QED) is 0.107. The topological polar surface area (TPSA) is 234 Å². The Morgan fingerprint density at radius 2 is 1.44 bits per heavy atom. The lowest BCUT2D eigenvalue weighted by atomic mass is 9.98. The van der Waals surface area contributed by atoms with E-state index in [4.69, 9.17) is 16.6 Å². The molecule has 0 aliphatic carbocycles.